The van der Waals surface area contributed by atoms with E-state index in [1.165, 1.54) is 28.5 Å². The van der Waals surface area contributed by atoms with Crippen molar-refractivity contribution >= 4 is 41.4 Å². The first-order valence-corrected chi connectivity index (χ1v) is 20.5. The van der Waals surface area contributed by atoms with Gasteiger partial charge in [0.15, 0.2) is 11.5 Å². The normalized spacial score (nSPS) is 27.7. The molecular weight excluding hydrogens is 786 g/mol. The molecule has 7 rings (SSSR count). The van der Waals surface area contributed by atoms with E-state index in [2.05, 4.69) is 16.0 Å². The number of halogens is 2. The summed E-state index contributed by atoms with van der Waals surface area (Å²) in [5.41, 5.74) is 0.543. The molecule has 60 heavy (non-hydrogen) atoms. The van der Waals surface area contributed by atoms with Crippen molar-refractivity contribution in [3.05, 3.63) is 59.2 Å². The second-order valence-corrected chi connectivity index (χ2v) is 16.4. The van der Waals surface area contributed by atoms with Gasteiger partial charge in [-0.05, 0) is 93.7 Å². The summed E-state index contributed by atoms with van der Waals surface area (Å²) >= 11 is 0. The number of carbonyl (C=O) groups excluding carboxylic acids is 7. The summed E-state index contributed by atoms with van der Waals surface area (Å²) in [7, 11) is 0. The number of amides is 6. The van der Waals surface area contributed by atoms with Crippen LogP contribution in [0.25, 0.3) is 0 Å². The molecule has 322 valence electrons. The Hall–Kier alpha value is -5.81. The molecule has 5 aliphatic heterocycles. The van der Waals surface area contributed by atoms with E-state index in [4.69, 9.17) is 14.2 Å². The third-order valence-electron chi connectivity index (χ3n) is 11.9. The first-order chi connectivity index (χ1) is 28.7. The van der Waals surface area contributed by atoms with Gasteiger partial charge in [0, 0.05) is 32.1 Å². The van der Waals surface area contributed by atoms with Crippen LogP contribution in [-0.4, -0.2) is 125 Å². The predicted molar refractivity (Wildman–Crippen MR) is 207 cm³/mol. The van der Waals surface area contributed by atoms with Gasteiger partial charge in [-0.1, -0.05) is 13.0 Å². The molecule has 0 aromatic heterocycles. The Kier molecular flexibility index (Phi) is 12.6. The molecular formula is C42H50F2N6O10. The zero-order valence-corrected chi connectivity index (χ0v) is 33.7. The number of nitrogens with one attached hydrogen (secondary N) is 3. The van der Waals surface area contributed by atoms with Crippen LogP contribution >= 0.6 is 0 Å². The lowest BCUT2D eigenvalue weighted by Gasteiger charge is -2.39. The van der Waals surface area contributed by atoms with Crippen LogP contribution in [-0.2, 0) is 51.1 Å². The highest BCUT2D eigenvalue weighted by molar-refractivity contribution is 5.98. The van der Waals surface area contributed by atoms with Gasteiger partial charge in [-0.15, -0.1) is 0 Å². The maximum Gasteiger partial charge on any atom is 0.329 e. The van der Waals surface area contributed by atoms with Crippen molar-refractivity contribution in [3.63, 3.8) is 0 Å². The van der Waals surface area contributed by atoms with E-state index in [9.17, 15) is 42.3 Å². The van der Waals surface area contributed by atoms with Gasteiger partial charge in [-0.25, -0.2) is 13.6 Å². The Balaban J connectivity index is 1.20. The highest BCUT2D eigenvalue weighted by Gasteiger charge is 2.47. The molecule has 16 nitrogen and oxygen atoms in total. The van der Waals surface area contributed by atoms with Gasteiger partial charge in [0.05, 0.1) is 6.42 Å². The highest BCUT2D eigenvalue weighted by Crippen LogP contribution is 2.33. The molecule has 8 atom stereocenters. The number of fused-ring (bicyclic) bond motifs is 4. The molecule has 6 amide bonds. The van der Waals surface area contributed by atoms with Gasteiger partial charge in [0.1, 0.15) is 54.0 Å². The fourth-order valence-electron chi connectivity index (χ4n) is 8.88. The van der Waals surface area contributed by atoms with E-state index in [-0.39, 0.29) is 57.2 Å². The van der Waals surface area contributed by atoms with Crippen LogP contribution < -0.4 is 25.4 Å². The molecule has 0 saturated carbocycles. The van der Waals surface area contributed by atoms with E-state index >= 15 is 0 Å². The number of hydrogen-bond acceptors (Lipinski definition) is 10. The Bertz CT molecular complexity index is 2030. The van der Waals surface area contributed by atoms with E-state index in [1.54, 1.807) is 18.2 Å². The minimum atomic E-state index is -1.62. The molecule has 5 heterocycles. The number of benzene rings is 2. The summed E-state index contributed by atoms with van der Waals surface area (Å²) in [6.07, 6.45) is 0.561. The number of hydrogen-bond donors (Lipinski definition) is 3. The molecule has 0 spiro atoms. The van der Waals surface area contributed by atoms with Crippen molar-refractivity contribution in [2.75, 3.05) is 26.4 Å². The van der Waals surface area contributed by atoms with Crippen LogP contribution in [0.15, 0.2) is 36.4 Å². The molecule has 2 aromatic carbocycles. The fraction of sp³-hybridized carbons (Fsp3) is 0.548. The standard InChI is InChI=1S/C42H50F2N6O10/c1-22-13-32-42(57)60-24(3)36(41(56)49-12-6-8-31(49)40(55)48-11-5-4-7-30(48)38(53)45-23(2)39(54)50(32)20-22)47-37(52)29(16-26-14-27(43)19-28(44)15-26)46-35(51)18-25-9-10-33-34(17-25)59-21-58-33/h9-10,14-15,17,19,22-24,29-32,36H,4-8,11-13,16,18,20-21H2,1-3H3,(H,45,53)(H,46,51)(H,47,52)/t22-,23-,24-,29-,30-,31-,32-,36-/m0/s1. The Morgan fingerprint density at radius 3 is 2.27 bits per heavy atom. The van der Waals surface area contributed by atoms with Gasteiger partial charge in [-0.3, -0.25) is 28.8 Å². The van der Waals surface area contributed by atoms with Crippen molar-refractivity contribution in [3.8, 4) is 11.5 Å². The first kappa shape index (κ1) is 42.3. The molecule has 4 fully saturated rings. The number of esters is 1. The van der Waals surface area contributed by atoms with E-state index < -0.39 is 102 Å². The van der Waals surface area contributed by atoms with Crippen LogP contribution in [0.1, 0.15) is 70.4 Å². The number of carbonyl (C=O) groups is 7. The number of ether oxygens (including phenoxy) is 3. The van der Waals surface area contributed by atoms with Gasteiger partial charge < -0.3 is 44.9 Å². The zero-order valence-electron chi connectivity index (χ0n) is 33.7. The lowest BCUT2D eigenvalue weighted by Crippen LogP contribution is -2.63. The molecule has 4 saturated heterocycles. The summed E-state index contributed by atoms with van der Waals surface area (Å²) in [6.45, 7) is 5.38. The predicted octanol–water partition coefficient (Wildman–Crippen LogP) is 1.51. The van der Waals surface area contributed by atoms with Crippen LogP contribution in [0, 0.1) is 17.6 Å². The lowest BCUT2D eigenvalue weighted by atomic mass is 9.99. The third-order valence-corrected chi connectivity index (χ3v) is 11.9. The monoisotopic (exact) mass is 836 g/mol. The summed E-state index contributed by atoms with van der Waals surface area (Å²) in [5.74, 6) is -5.68. The average Bonchev–Trinajstić information content (AvgIpc) is 3.98. The van der Waals surface area contributed by atoms with Crippen molar-refractivity contribution in [1.82, 2.24) is 30.7 Å². The molecule has 0 unspecified atom stereocenters. The second-order valence-electron chi connectivity index (χ2n) is 16.4. The minimum absolute atomic E-state index is 0.0165. The quantitative estimate of drug-likeness (QED) is 0.345. The number of cyclic esters (lactones) is 1. The lowest BCUT2D eigenvalue weighted by molar-refractivity contribution is -0.163. The van der Waals surface area contributed by atoms with Crippen LogP contribution in [0.5, 0.6) is 11.5 Å². The fourth-order valence-corrected chi connectivity index (χ4v) is 8.88. The smallest absolute Gasteiger partial charge is 0.329 e. The van der Waals surface area contributed by atoms with E-state index in [0.29, 0.717) is 48.8 Å². The second kappa shape index (κ2) is 17.8. The summed E-state index contributed by atoms with van der Waals surface area (Å²) in [4.78, 5) is 103. The number of rotatable bonds is 7. The summed E-state index contributed by atoms with van der Waals surface area (Å²) < 4.78 is 45.4. The molecule has 0 aliphatic carbocycles. The van der Waals surface area contributed by atoms with Crippen molar-refractivity contribution in [2.24, 2.45) is 5.92 Å². The average molecular weight is 837 g/mol. The van der Waals surface area contributed by atoms with Crippen LogP contribution in [0.4, 0.5) is 8.78 Å². The zero-order chi connectivity index (χ0) is 42.8. The van der Waals surface area contributed by atoms with Crippen LogP contribution in [0.2, 0.25) is 0 Å². The molecule has 0 bridgehead atoms. The van der Waals surface area contributed by atoms with Gasteiger partial charge in [0.2, 0.25) is 42.2 Å². The molecule has 18 heteroatoms. The van der Waals surface area contributed by atoms with Crippen molar-refractivity contribution < 1.29 is 56.6 Å². The van der Waals surface area contributed by atoms with Gasteiger partial charge >= 0.3 is 5.97 Å². The molecule has 0 radical (unpaired) electrons. The SMILES string of the molecule is C[C@H]1C[C@H]2C(=O)O[C@@H](C)[C@H](NC(=O)[C@H](Cc3cc(F)cc(F)c3)NC(=O)Cc3ccc4c(c3)OCO4)C(=O)N3CCC[C@H]3C(=O)N3CCCC[C@H]3C(=O)N[C@@H](C)C(=O)N2C1. The Morgan fingerprint density at radius 2 is 1.50 bits per heavy atom. The third kappa shape index (κ3) is 9.16. The molecule has 3 N–H and O–H groups in total. The minimum Gasteiger partial charge on any atom is -0.458 e. The van der Waals surface area contributed by atoms with E-state index in [1.807, 2.05) is 6.92 Å². The highest BCUT2D eigenvalue weighted by atomic mass is 19.1. The first-order valence-electron chi connectivity index (χ1n) is 20.5. The van der Waals surface area contributed by atoms with Crippen molar-refractivity contribution in [2.45, 2.75) is 114 Å². The van der Waals surface area contributed by atoms with Gasteiger partial charge in [0.25, 0.3) is 0 Å². The van der Waals surface area contributed by atoms with E-state index in [0.717, 1.165) is 12.1 Å². The van der Waals surface area contributed by atoms with Gasteiger partial charge in [-0.2, -0.15) is 0 Å². The molecule has 2 aromatic rings. The topological polar surface area (TPSA) is 193 Å². The maximum atomic E-state index is 14.7. The summed E-state index contributed by atoms with van der Waals surface area (Å²) in [5, 5.41) is 8.05. The Morgan fingerprint density at radius 1 is 0.800 bits per heavy atom. The van der Waals surface area contributed by atoms with Crippen LogP contribution in [0.3, 0.4) is 0 Å². The largest absolute Gasteiger partial charge is 0.458 e. The number of nitrogens with zero attached hydrogens (tertiary/aromatic N) is 3. The maximum absolute atomic E-state index is 14.7. The Labute approximate surface area is 345 Å². The molecule has 5 aliphatic rings. The number of piperidine rings is 1. The summed E-state index contributed by atoms with van der Waals surface area (Å²) in [6, 6.07) is 0.456. The van der Waals surface area contributed by atoms with Crippen molar-refractivity contribution in [1.29, 1.82) is 0 Å².